The summed E-state index contributed by atoms with van der Waals surface area (Å²) in [4.78, 5) is 64.8. The van der Waals surface area contributed by atoms with Crippen molar-refractivity contribution >= 4 is 29.8 Å². The molecule has 0 atom stereocenters. The molecule has 0 aliphatic rings. The summed E-state index contributed by atoms with van der Waals surface area (Å²) in [5.41, 5.74) is 1.60. The molecular formula is C82H100O14. The first-order valence-corrected chi connectivity index (χ1v) is 35.4. The standard InChI is InChI=1S/C82H100O14/c1-3-5-7-9-11-13-16-20-24-28-59-88-69-45-35-64(36-46-69)78(83)92-73-51-41-67(42-52-73)81(86)95-76-33-32-34-77(63-76)96-82(87)68-43-53-74(54-44-68)93-79(84)65-37-47-70(48-38-65)89-61-30-26-22-18-15-19-23-27-31-62-91-72-55-57-75(58-56-72)94-80(85)66-39-49-71(50-40-66)90-60-29-25-21-17-14-12-10-8-6-4-2/h32-58,63H,3-31,59-62H2,1-2H3. The minimum atomic E-state index is -0.673. The molecule has 0 fully saturated rings. The molecule has 14 nitrogen and oxygen atoms in total. The van der Waals surface area contributed by atoms with E-state index >= 15 is 0 Å². The van der Waals surface area contributed by atoms with E-state index in [9.17, 15) is 24.0 Å². The van der Waals surface area contributed by atoms with Crippen molar-refractivity contribution in [1.82, 2.24) is 0 Å². The minimum absolute atomic E-state index is 0.143. The first kappa shape index (κ1) is 74.5. The van der Waals surface area contributed by atoms with Crippen LogP contribution in [0.25, 0.3) is 0 Å². The first-order chi connectivity index (χ1) is 47.1. The molecule has 0 spiro atoms. The van der Waals surface area contributed by atoms with Gasteiger partial charge in [0.1, 0.15) is 51.7 Å². The van der Waals surface area contributed by atoms with Crippen molar-refractivity contribution in [3.05, 3.63) is 198 Å². The highest BCUT2D eigenvalue weighted by molar-refractivity contribution is 5.94. The Labute approximate surface area is 569 Å². The number of carbonyl (C=O) groups is 5. The Morgan fingerprint density at radius 2 is 0.385 bits per heavy atom. The van der Waals surface area contributed by atoms with E-state index in [-0.39, 0.29) is 34.1 Å². The maximum atomic E-state index is 13.1. The van der Waals surface area contributed by atoms with Gasteiger partial charge in [-0.1, -0.05) is 180 Å². The molecule has 0 amide bonds. The van der Waals surface area contributed by atoms with E-state index in [1.807, 2.05) is 24.3 Å². The van der Waals surface area contributed by atoms with Crippen molar-refractivity contribution in [2.75, 3.05) is 26.4 Å². The molecule has 96 heavy (non-hydrogen) atoms. The highest BCUT2D eigenvalue weighted by Gasteiger charge is 2.17. The molecular weight excluding hydrogens is 1210 g/mol. The Kier molecular flexibility index (Phi) is 34.7. The molecule has 0 unspecified atom stereocenters. The Morgan fingerprint density at radius 1 is 0.208 bits per heavy atom. The van der Waals surface area contributed by atoms with E-state index in [4.69, 9.17) is 42.6 Å². The highest BCUT2D eigenvalue weighted by atomic mass is 16.6. The predicted molar refractivity (Wildman–Crippen MR) is 377 cm³/mol. The zero-order chi connectivity index (χ0) is 67.5. The number of rotatable bonds is 48. The molecule has 0 N–H and O–H groups in total. The lowest BCUT2D eigenvalue weighted by atomic mass is 10.1. The molecule has 0 radical (unpaired) electrons. The molecule has 0 aliphatic carbocycles. The van der Waals surface area contributed by atoms with Gasteiger partial charge in [0.2, 0.25) is 0 Å². The van der Waals surface area contributed by atoms with Crippen LogP contribution in [0.4, 0.5) is 0 Å². The second kappa shape index (κ2) is 44.7. The normalized spacial score (nSPS) is 10.9. The summed E-state index contributed by atoms with van der Waals surface area (Å²) < 4.78 is 51.5. The van der Waals surface area contributed by atoms with Gasteiger partial charge in [0.25, 0.3) is 0 Å². The fourth-order valence-corrected chi connectivity index (χ4v) is 10.8. The van der Waals surface area contributed by atoms with E-state index in [1.54, 1.807) is 91.0 Å². The van der Waals surface area contributed by atoms with Crippen molar-refractivity contribution in [1.29, 1.82) is 0 Å². The van der Waals surface area contributed by atoms with Gasteiger partial charge in [-0.3, -0.25) is 0 Å². The maximum absolute atomic E-state index is 13.1. The summed E-state index contributed by atoms with van der Waals surface area (Å²) in [6.45, 7) is 7.03. The number of hydrogen-bond donors (Lipinski definition) is 0. The van der Waals surface area contributed by atoms with Crippen LogP contribution >= 0.6 is 0 Å². The van der Waals surface area contributed by atoms with Gasteiger partial charge in [-0.25, -0.2) is 24.0 Å². The zero-order valence-electron chi connectivity index (χ0n) is 56.7. The van der Waals surface area contributed by atoms with Crippen LogP contribution in [-0.4, -0.2) is 56.3 Å². The smallest absolute Gasteiger partial charge is 0.343 e. The quantitative estimate of drug-likeness (QED) is 0.0201. The second-order valence-corrected chi connectivity index (χ2v) is 24.5. The Morgan fingerprint density at radius 3 is 0.615 bits per heavy atom. The SMILES string of the molecule is CCCCCCCCCCCCOc1ccc(C(=O)Oc2ccc(OCCCCCCCCCCCOc3ccc(C(=O)Oc4ccc(C(=O)Oc5cccc(OC(=O)c6ccc(OC(=O)c7ccc(OCCCCCCCCCCCC)cc7)cc6)c5)cc4)cc3)cc2)cc1. The summed E-state index contributed by atoms with van der Waals surface area (Å²) in [5.74, 6) is 1.28. The van der Waals surface area contributed by atoms with Crippen molar-refractivity contribution < 1.29 is 66.6 Å². The third kappa shape index (κ3) is 29.4. The third-order valence-electron chi connectivity index (χ3n) is 16.5. The van der Waals surface area contributed by atoms with Gasteiger partial charge in [-0.2, -0.15) is 0 Å². The van der Waals surface area contributed by atoms with Gasteiger partial charge in [-0.15, -0.1) is 0 Å². The molecule has 0 aromatic heterocycles. The second-order valence-electron chi connectivity index (χ2n) is 24.5. The van der Waals surface area contributed by atoms with E-state index in [1.165, 1.54) is 189 Å². The Balaban J connectivity index is 0.674. The minimum Gasteiger partial charge on any atom is -0.494 e. The monoisotopic (exact) mass is 1310 g/mol. The van der Waals surface area contributed by atoms with Crippen molar-refractivity contribution in [3.63, 3.8) is 0 Å². The number of unbranched alkanes of at least 4 members (excludes halogenated alkanes) is 26. The number of hydrogen-bond acceptors (Lipinski definition) is 14. The number of benzene rings is 7. The molecule has 512 valence electrons. The van der Waals surface area contributed by atoms with Gasteiger partial charge < -0.3 is 42.6 Å². The molecule has 7 aromatic rings. The Bertz CT molecular complexity index is 3320. The van der Waals surface area contributed by atoms with Crippen LogP contribution in [0.3, 0.4) is 0 Å². The molecule has 14 heteroatoms. The highest BCUT2D eigenvalue weighted by Crippen LogP contribution is 2.26. The summed E-state index contributed by atoms with van der Waals surface area (Å²) in [6, 6.07) is 46.0. The van der Waals surface area contributed by atoms with E-state index in [2.05, 4.69) is 13.8 Å². The van der Waals surface area contributed by atoms with E-state index < -0.39 is 29.8 Å². The topological polar surface area (TPSA) is 168 Å². The zero-order valence-corrected chi connectivity index (χ0v) is 56.7. The average Bonchev–Trinajstić information content (AvgIpc) is 3.76. The van der Waals surface area contributed by atoms with Gasteiger partial charge in [0.05, 0.1) is 54.2 Å². The molecule has 0 heterocycles. The summed E-state index contributed by atoms with van der Waals surface area (Å²) in [6.07, 6.45) is 35.4. The predicted octanol–water partition coefficient (Wildman–Crippen LogP) is 21.4. The van der Waals surface area contributed by atoms with Crippen LogP contribution in [0.1, 0.15) is 252 Å². The molecule has 0 bridgehead atoms. The first-order valence-electron chi connectivity index (χ1n) is 35.4. The molecule has 7 aromatic carbocycles. The number of carbonyl (C=O) groups excluding carboxylic acids is 5. The van der Waals surface area contributed by atoms with Crippen LogP contribution < -0.4 is 42.6 Å². The van der Waals surface area contributed by atoms with Crippen LogP contribution in [0.15, 0.2) is 170 Å². The van der Waals surface area contributed by atoms with Crippen LogP contribution in [0, 0.1) is 0 Å². The van der Waals surface area contributed by atoms with Crippen LogP contribution in [-0.2, 0) is 0 Å². The lowest BCUT2D eigenvalue weighted by Gasteiger charge is -2.09. The van der Waals surface area contributed by atoms with Gasteiger partial charge in [0.15, 0.2) is 0 Å². The van der Waals surface area contributed by atoms with Crippen LogP contribution in [0.5, 0.6) is 51.7 Å². The lowest BCUT2D eigenvalue weighted by molar-refractivity contribution is 0.0720. The molecule has 0 aliphatic heterocycles. The maximum Gasteiger partial charge on any atom is 0.343 e. The third-order valence-corrected chi connectivity index (χ3v) is 16.5. The fourth-order valence-electron chi connectivity index (χ4n) is 10.8. The van der Waals surface area contributed by atoms with E-state index in [0.717, 1.165) is 62.9 Å². The Hall–Kier alpha value is -8.91. The molecule has 0 saturated heterocycles. The number of ether oxygens (including phenoxy) is 9. The van der Waals surface area contributed by atoms with Crippen LogP contribution in [0.2, 0.25) is 0 Å². The van der Waals surface area contributed by atoms with Gasteiger partial charge >= 0.3 is 29.8 Å². The average molecular weight is 1310 g/mol. The summed E-state index contributed by atoms with van der Waals surface area (Å²) in [7, 11) is 0. The van der Waals surface area contributed by atoms with Gasteiger partial charge in [-0.05, 0) is 183 Å². The van der Waals surface area contributed by atoms with Gasteiger partial charge in [0, 0.05) is 6.07 Å². The lowest BCUT2D eigenvalue weighted by Crippen LogP contribution is -2.11. The van der Waals surface area contributed by atoms with E-state index in [0.29, 0.717) is 60.4 Å². The molecule has 7 rings (SSSR count). The van der Waals surface area contributed by atoms with Crippen molar-refractivity contribution in [2.45, 2.75) is 200 Å². The van der Waals surface area contributed by atoms with Crippen molar-refractivity contribution in [2.24, 2.45) is 0 Å². The fraction of sp³-hybridized carbons (Fsp3) is 0.427. The molecule has 0 saturated carbocycles. The number of esters is 5. The van der Waals surface area contributed by atoms with Crippen molar-refractivity contribution in [3.8, 4) is 51.7 Å². The summed E-state index contributed by atoms with van der Waals surface area (Å²) >= 11 is 0. The summed E-state index contributed by atoms with van der Waals surface area (Å²) in [5, 5.41) is 0. The largest absolute Gasteiger partial charge is 0.494 e.